The summed E-state index contributed by atoms with van der Waals surface area (Å²) in [6, 6.07) is 18.4. The SMILES string of the molecule is OB(O)c1cccc(-c2cccc(-c3ccccn3)n2)c1. The molecule has 4 nitrogen and oxygen atoms in total. The van der Waals surface area contributed by atoms with Gasteiger partial charge in [0.15, 0.2) is 0 Å². The van der Waals surface area contributed by atoms with Crippen molar-refractivity contribution < 1.29 is 10.0 Å². The Morgan fingerprint density at radius 1 is 0.762 bits per heavy atom. The molecule has 102 valence electrons. The second-order valence-corrected chi connectivity index (χ2v) is 4.62. The van der Waals surface area contributed by atoms with Crippen molar-refractivity contribution in [2.24, 2.45) is 0 Å². The first kappa shape index (κ1) is 13.5. The maximum absolute atomic E-state index is 9.25. The highest BCUT2D eigenvalue weighted by molar-refractivity contribution is 6.58. The van der Waals surface area contributed by atoms with Gasteiger partial charge in [-0.15, -0.1) is 0 Å². The van der Waals surface area contributed by atoms with Gasteiger partial charge in [0.2, 0.25) is 0 Å². The summed E-state index contributed by atoms with van der Waals surface area (Å²) < 4.78 is 0. The summed E-state index contributed by atoms with van der Waals surface area (Å²) in [5.74, 6) is 0. The summed E-state index contributed by atoms with van der Waals surface area (Å²) in [5, 5.41) is 18.5. The lowest BCUT2D eigenvalue weighted by Gasteiger charge is -2.06. The van der Waals surface area contributed by atoms with Crippen molar-refractivity contribution in [1.29, 1.82) is 0 Å². The molecule has 5 heteroatoms. The second-order valence-electron chi connectivity index (χ2n) is 4.62. The van der Waals surface area contributed by atoms with E-state index in [1.807, 2.05) is 42.5 Å². The average molecular weight is 276 g/mol. The number of benzene rings is 1. The van der Waals surface area contributed by atoms with E-state index in [-0.39, 0.29) is 0 Å². The number of hydrogen-bond acceptors (Lipinski definition) is 4. The summed E-state index contributed by atoms with van der Waals surface area (Å²) in [6.45, 7) is 0. The van der Waals surface area contributed by atoms with Crippen LogP contribution in [0.1, 0.15) is 0 Å². The Morgan fingerprint density at radius 2 is 1.52 bits per heavy atom. The van der Waals surface area contributed by atoms with Crippen LogP contribution in [0.25, 0.3) is 22.6 Å². The third-order valence-electron chi connectivity index (χ3n) is 3.16. The summed E-state index contributed by atoms with van der Waals surface area (Å²) >= 11 is 0. The molecule has 0 radical (unpaired) electrons. The second kappa shape index (κ2) is 5.87. The van der Waals surface area contributed by atoms with E-state index in [2.05, 4.69) is 9.97 Å². The molecule has 1 aromatic carbocycles. The minimum atomic E-state index is -1.48. The third kappa shape index (κ3) is 2.99. The fourth-order valence-electron chi connectivity index (χ4n) is 2.11. The zero-order valence-electron chi connectivity index (χ0n) is 11.2. The first-order valence-corrected chi connectivity index (χ1v) is 6.59. The van der Waals surface area contributed by atoms with Gasteiger partial charge < -0.3 is 10.0 Å². The van der Waals surface area contributed by atoms with E-state index in [0.717, 1.165) is 22.6 Å². The number of aromatic nitrogens is 2. The zero-order chi connectivity index (χ0) is 14.7. The van der Waals surface area contributed by atoms with Crippen molar-refractivity contribution in [3.63, 3.8) is 0 Å². The molecule has 0 spiro atoms. The first-order chi connectivity index (χ1) is 10.2. The Labute approximate surface area is 122 Å². The van der Waals surface area contributed by atoms with Gasteiger partial charge >= 0.3 is 7.12 Å². The molecule has 2 N–H and O–H groups in total. The Balaban J connectivity index is 2.02. The van der Waals surface area contributed by atoms with Crippen molar-refractivity contribution in [3.05, 3.63) is 66.9 Å². The molecule has 0 aliphatic carbocycles. The Kier molecular flexibility index (Phi) is 3.77. The van der Waals surface area contributed by atoms with Crippen molar-refractivity contribution in [3.8, 4) is 22.6 Å². The molecular weight excluding hydrogens is 263 g/mol. The molecule has 0 amide bonds. The van der Waals surface area contributed by atoms with Crippen LogP contribution in [-0.2, 0) is 0 Å². The van der Waals surface area contributed by atoms with E-state index >= 15 is 0 Å². The van der Waals surface area contributed by atoms with E-state index < -0.39 is 7.12 Å². The van der Waals surface area contributed by atoms with Crippen LogP contribution < -0.4 is 5.46 Å². The number of nitrogens with zero attached hydrogens (tertiary/aromatic N) is 2. The van der Waals surface area contributed by atoms with Crippen LogP contribution in [0.15, 0.2) is 66.9 Å². The summed E-state index contributed by atoms with van der Waals surface area (Å²) in [5.41, 5.74) is 3.62. The Bertz CT molecular complexity index is 748. The van der Waals surface area contributed by atoms with Crippen LogP contribution in [0.3, 0.4) is 0 Å². The summed E-state index contributed by atoms with van der Waals surface area (Å²) in [4.78, 5) is 8.87. The van der Waals surface area contributed by atoms with Gasteiger partial charge in [0, 0.05) is 6.20 Å². The molecule has 0 fully saturated rings. The standard InChI is InChI=1S/C16H13BN2O2/c20-17(21)13-6-3-5-12(11-13)14-8-4-9-16(19-14)15-7-1-2-10-18-15/h1-11,20-21H. The van der Waals surface area contributed by atoms with E-state index in [1.54, 1.807) is 24.4 Å². The summed E-state index contributed by atoms with van der Waals surface area (Å²) in [6.07, 6.45) is 1.73. The molecule has 3 rings (SSSR count). The molecule has 0 aliphatic rings. The molecule has 2 heterocycles. The van der Waals surface area contributed by atoms with Crippen molar-refractivity contribution >= 4 is 12.6 Å². The Hall–Kier alpha value is -2.50. The largest absolute Gasteiger partial charge is 0.488 e. The van der Waals surface area contributed by atoms with E-state index in [4.69, 9.17) is 0 Å². The van der Waals surface area contributed by atoms with Crippen molar-refractivity contribution in [1.82, 2.24) is 9.97 Å². The van der Waals surface area contributed by atoms with Crippen LogP contribution in [0.4, 0.5) is 0 Å². The van der Waals surface area contributed by atoms with Gasteiger partial charge in [-0.05, 0) is 35.3 Å². The minimum absolute atomic E-state index is 0.442. The van der Waals surface area contributed by atoms with E-state index in [0.29, 0.717) is 5.46 Å². The maximum atomic E-state index is 9.25. The van der Waals surface area contributed by atoms with Crippen LogP contribution in [0.2, 0.25) is 0 Å². The van der Waals surface area contributed by atoms with Gasteiger partial charge in [0.05, 0.1) is 17.1 Å². The first-order valence-electron chi connectivity index (χ1n) is 6.59. The quantitative estimate of drug-likeness (QED) is 0.711. The highest BCUT2D eigenvalue weighted by atomic mass is 16.4. The minimum Gasteiger partial charge on any atom is -0.423 e. The van der Waals surface area contributed by atoms with Crippen LogP contribution >= 0.6 is 0 Å². The normalized spacial score (nSPS) is 10.4. The Morgan fingerprint density at radius 3 is 2.29 bits per heavy atom. The number of hydrogen-bond donors (Lipinski definition) is 2. The smallest absolute Gasteiger partial charge is 0.423 e. The predicted molar refractivity (Wildman–Crippen MR) is 82.7 cm³/mol. The average Bonchev–Trinajstić information content (AvgIpc) is 2.56. The fraction of sp³-hybridized carbons (Fsp3) is 0. The van der Waals surface area contributed by atoms with Gasteiger partial charge in [-0.2, -0.15) is 0 Å². The van der Waals surface area contributed by atoms with Gasteiger partial charge in [-0.1, -0.05) is 36.4 Å². The third-order valence-corrected chi connectivity index (χ3v) is 3.16. The van der Waals surface area contributed by atoms with Crippen LogP contribution in [0, 0.1) is 0 Å². The van der Waals surface area contributed by atoms with Crippen molar-refractivity contribution in [2.45, 2.75) is 0 Å². The molecule has 2 aromatic heterocycles. The van der Waals surface area contributed by atoms with Gasteiger partial charge in [0.1, 0.15) is 0 Å². The molecular formula is C16H13BN2O2. The molecule has 0 saturated carbocycles. The monoisotopic (exact) mass is 276 g/mol. The maximum Gasteiger partial charge on any atom is 0.488 e. The van der Waals surface area contributed by atoms with E-state index in [1.165, 1.54) is 0 Å². The molecule has 0 saturated heterocycles. The zero-order valence-corrected chi connectivity index (χ0v) is 11.2. The van der Waals surface area contributed by atoms with Gasteiger partial charge in [0.25, 0.3) is 0 Å². The lowest BCUT2D eigenvalue weighted by molar-refractivity contribution is 0.426. The molecule has 21 heavy (non-hydrogen) atoms. The molecule has 0 atom stereocenters. The molecule has 0 bridgehead atoms. The number of rotatable bonds is 3. The highest BCUT2D eigenvalue weighted by Gasteiger charge is 2.12. The van der Waals surface area contributed by atoms with Crippen LogP contribution in [-0.4, -0.2) is 27.1 Å². The molecule has 0 aliphatic heterocycles. The predicted octanol–water partition coefficient (Wildman–Crippen LogP) is 1.49. The number of pyridine rings is 2. The fourth-order valence-corrected chi connectivity index (χ4v) is 2.11. The molecule has 3 aromatic rings. The summed E-state index contributed by atoms with van der Waals surface area (Å²) in [7, 11) is -1.48. The van der Waals surface area contributed by atoms with Crippen molar-refractivity contribution in [2.75, 3.05) is 0 Å². The highest BCUT2D eigenvalue weighted by Crippen LogP contribution is 2.20. The van der Waals surface area contributed by atoms with Gasteiger partial charge in [-0.25, -0.2) is 4.98 Å². The lowest BCUT2D eigenvalue weighted by atomic mass is 9.79. The lowest BCUT2D eigenvalue weighted by Crippen LogP contribution is -2.29. The van der Waals surface area contributed by atoms with E-state index in [9.17, 15) is 10.0 Å². The van der Waals surface area contributed by atoms with Gasteiger partial charge in [-0.3, -0.25) is 4.98 Å². The van der Waals surface area contributed by atoms with Crippen LogP contribution in [0.5, 0.6) is 0 Å². The topological polar surface area (TPSA) is 66.2 Å². The molecule has 0 unspecified atom stereocenters.